The van der Waals surface area contributed by atoms with Crippen molar-refractivity contribution in [2.45, 2.75) is 77.0 Å². The third kappa shape index (κ3) is 19.1. The molecule has 170 valence electrons. The summed E-state index contributed by atoms with van der Waals surface area (Å²) in [5, 5.41) is 35.9. The van der Waals surface area contributed by atoms with Gasteiger partial charge in [-0.3, -0.25) is 9.80 Å². The first-order valence-corrected chi connectivity index (χ1v) is 11.7. The number of rotatable bonds is 23. The van der Waals surface area contributed by atoms with Gasteiger partial charge in [-0.1, -0.05) is 64.2 Å². The van der Waals surface area contributed by atoms with Gasteiger partial charge in [-0.2, -0.15) is 0 Å². The van der Waals surface area contributed by atoms with E-state index in [1.807, 2.05) is 0 Å². The molecule has 0 saturated carbocycles. The minimum atomic E-state index is 0.172. The average Bonchev–Trinajstić information content (AvgIpc) is 2.68. The number of aliphatic hydroxyl groups excluding tert-OH is 4. The first-order valence-electron chi connectivity index (χ1n) is 11.7. The van der Waals surface area contributed by atoms with Crippen molar-refractivity contribution in [2.24, 2.45) is 0 Å². The summed E-state index contributed by atoms with van der Waals surface area (Å²) < 4.78 is 0. The Hall–Kier alpha value is -0.240. The third-order valence-corrected chi connectivity index (χ3v) is 5.36. The van der Waals surface area contributed by atoms with Gasteiger partial charge >= 0.3 is 0 Å². The van der Waals surface area contributed by atoms with Crippen molar-refractivity contribution < 1.29 is 20.4 Å². The molecule has 0 heterocycles. The van der Waals surface area contributed by atoms with Crippen LogP contribution in [0.4, 0.5) is 0 Å². The molecular weight excluding hydrogens is 356 g/mol. The summed E-state index contributed by atoms with van der Waals surface area (Å²) in [6.07, 6.45) is 15.4. The van der Waals surface area contributed by atoms with Crippen LogP contribution in [-0.2, 0) is 0 Å². The van der Waals surface area contributed by atoms with E-state index in [1.165, 1.54) is 64.2 Å². The summed E-state index contributed by atoms with van der Waals surface area (Å²) in [6.45, 7) is 5.34. The summed E-state index contributed by atoms with van der Waals surface area (Å²) >= 11 is 0. The van der Waals surface area contributed by atoms with Gasteiger partial charge in [0, 0.05) is 26.2 Å². The van der Waals surface area contributed by atoms with E-state index in [2.05, 4.69) is 9.80 Å². The Morgan fingerprint density at radius 2 is 0.500 bits per heavy atom. The molecule has 6 nitrogen and oxygen atoms in total. The highest BCUT2D eigenvalue weighted by molar-refractivity contribution is 4.58. The van der Waals surface area contributed by atoms with Crippen LogP contribution in [0.25, 0.3) is 0 Å². The Kier molecular flexibility index (Phi) is 22.8. The summed E-state index contributed by atoms with van der Waals surface area (Å²) in [7, 11) is 0. The topological polar surface area (TPSA) is 87.4 Å². The van der Waals surface area contributed by atoms with Crippen molar-refractivity contribution in [3.63, 3.8) is 0 Å². The van der Waals surface area contributed by atoms with Gasteiger partial charge in [-0.15, -0.1) is 0 Å². The molecule has 0 aliphatic heterocycles. The smallest absolute Gasteiger partial charge is 0.0558 e. The molecule has 0 unspecified atom stereocenters. The van der Waals surface area contributed by atoms with Gasteiger partial charge in [0.2, 0.25) is 0 Å². The van der Waals surface area contributed by atoms with Crippen molar-refractivity contribution in [1.82, 2.24) is 9.80 Å². The molecular formula is C22H48N2O4. The Labute approximate surface area is 173 Å². The zero-order valence-corrected chi connectivity index (χ0v) is 18.2. The quantitative estimate of drug-likeness (QED) is 0.195. The van der Waals surface area contributed by atoms with Gasteiger partial charge in [-0.05, 0) is 25.9 Å². The molecule has 0 rings (SSSR count). The van der Waals surface area contributed by atoms with E-state index in [9.17, 15) is 0 Å². The molecule has 6 heteroatoms. The molecule has 0 radical (unpaired) electrons. The Balaban J connectivity index is 3.29. The second-order valence-electron chi connectivity index (χ2n) is 7.82. The van der Waals surface area contributed by atoms with Crippen molar-refractivity contribution in [3.05, 3.63) is 0 Å². The third-order valence-electron chi connectivity index (χ3n) is 5.36. The van der Waals surface area contributed by atoms with E-state index < -0.39 is 0 Å². The molecule has 0 spiro atoms. The fourth-order valence-corrected chi connectivity index (χ4v) is 3.68. The van der Waals surface area contributed by atoms with Crippen LogP contribution in [0.1, 0.15) is 77.0 Å². The molecule has 0 atom stereocenters. The van der Waals surface area contributed by atoms with Gasteiger partial charge < -0.3 is 20.4 Å². The van der Waals surface area contributed by atoms with Crippen LogP contribution in [-0.4, -0.2) is 95.9 Å². The maximum absolute atomic E-state index is 8.99. The summed E-state index contributed by atoms with van der Waals surface area (Å²) in [4.78, 5) is 4.27. The lowest BCUT2D eigenvalue weighted by Gasteiger charge is -2.19. The average molecular weight is 405 g/mol. The highest BCUT2D eigenvalue weighted by atomic mass is 16.3. The van der Waals surface area contributed by atoms with Crippen LogP contribution in [0.15, 0.2) is 0 Å². The maximum atomic E-state index is 8.99. The van der Waals surface area contributed by atoms with Gasteiger partial charge in [0.15, 0.2) is 0 Å². The Morgan fingerprint density at radius 3 is 0.714 bits per heavy atom. The molecule has 0 bridgehead atoms. The molecule has 0 saturated heterocycles. The molecule has 0 aromatic rings. The minimum absolute atomic E-state index is 0.172. The Bertz CT molecular complexity index is 256. The van der Waals surface area contributed by atoms with E-state index in [0.29, 0.717) is 26.2 Å². The molecule has 0 aromatic carbocycles. The van der Waals surface area contributed by atoms with E-state index >= 15 is 0 Å². The summed E-state index contributed by atoms with van der Waals surface area (Å²) in [5.74, 6) is 0. The Morgan fingerprint density at radius 1 is 0.286 bits per heavy atom. The van der Waals surface area contributed by atoms with Crippen molar-refractivity contribution in [2.75, 3.05) is 65.7 Å². The lowest BCUT2D eigenvalue weighted by atomic mass is 10.0. The first kappa shape index (κ1) is 27.8. The van der Waals surface area contributed by atoms with Crippen molar-refractivity contribution in [3.8, 4) is 0 Å². The molecule has 0 aliphatic carbocycles. The van der Waals surface area contributed by atoms with Crippen LogP contribution in [0.3, 0.4) is 0 Å². The fourth-order valence-electron chi connectivity index (χ4n) is 3.68. The number of aliphatic hydroxyl groups is 4. The molecule has 0 fully saturated rings. The van der Waals surface area contributed by atoms with E-state index in [-0.39, 0.29) is 26.4 Å². The van der Waals surface area contributed by atoms with Crippen LogP contribution in [0.5, 0.6) is 0 Å². The SMILES string of the molecule is OCCN(CCO)CCCCCCCCCCCCCCN(CCO)CCO. The lowest BCUT2D eigenvalue weighted by Crippen LogP contribution is -2.30. The zero-order chi connectivity index (χ0) is 20.7. The van der Waals surface area contributed by atoms with Crippen LogP contribution in [0.2, 0.25) is 0 Å². The number of unbranched alkanes of at least 4 members (excludes halogenated alkanes) is 11. The maximum Gasteiger partial charge on any atom is 0.0558 e. The first-order chi connectivity index (χ1) is 13.8. The standard InChI is InChI=1S/C22H48N2O4/c25-19-15-23(16-20-26)13-11-9-7-5-3-1-2-4-6-8-10-12-14-24(17-21-27)18-22-28/h25-28H,1-22H2. The lowest BCUT2D eigenvalue weighted by molar-refractivity contribution is 0.158. The zero-order valence-electron chi connectivity index (χ0n) is 18.2. The molecule has 0 aromatic heterocycles. The van der Waals surface area contributed by atoms with Gasteiger partial charge in [0.1, 0.15) is 0 Å². The highest BCUT2D eigenvalue weighted by Gasteiger charge is 2.03. The molecule has 0 aliphatic rings. The second-order valence-corrected chi connectivity index (χ2v) is 7.82. The second kappa shape index (κ2) is 23.0. The largest absolute Gasteiger partial charge is 0.395 e. The number of nitrogens with zero attached hydrogens (tertiary/aromatic N) is 2. The molecule has 4 N–H and O–H groups in total. The monoisotopic (exact) mass is 404 g/mol. The molecule has 0 amide bonds. The van der Waals surface area contributed by atoms with Gasteiger partial charge in [0.25, 0.3) is 0 Å². The number of hydrogen-bond acceptors (Lipinski definition) is 6. The van der Waals surface area contributed by atoms with E-state index in [1.54, 1.807) is 0 Å². The predicted octanol–water partition coefficient (Wildman–Crippen LogP) is 2.24. The summed E-state index contributed by atoms with van der Waals surface area (Å²) in [5.41, 5.74) is 0. The normalized spacial score (nSPS) is 11.8. The molecule has 28 heavy (non-hydrogen) atoms. The van der Waals surface area contributed by atoms with Crippen molar-refractivity contribution >= 4 is 0 Å². The number of hydrogen-bond donors (Lipinski definition) is 4. The van der Waals surface area contributed by atoms with Crippen LogP contribution < -0.4 is 0 Å². The predicted molar refractivity (Wildman–Crippen MR) is 117 cm³/mol. The van der Waals surface area contributed by atoms with Gasteiger partial charge in [-0.25, -0.2) is 0 Å². The van der Waals surface area contributed by atoms with Crippen LogP contribution in [0, 0.1) is 0 Å². The highest BCUT2D eigenvalue weighted by Crippen LogP contribution is 2.12. The fraction of sp³-hybridized carbons (Fsp3) is 1.00. The van der Waals surface area contributed by atoms with Gasteiger partial charge in [0.05, 0.1) is 26.4 Å². The summed E-state index contributed by atoms with van der Waals surface area (Å²) in [6, 6.07) is 0. The van der Waals surface area contributed by atoms with Crippen molar-refractivity contribution in [1.29, 1.82) is 0 Å². The van der Waals surface area contributed by atoms with E-state index in [4.69, 9.17) is 20.4 Å². The van der Waals surface area contributed by atoms with E-state index in [0.717, 1.165) is 25.9 Å². The minimum Gasteiger partial charge on any atom is -0.395 e. The van der Waals surface area contributed by atoms with Crippen LogP contribution >= 0.6 is 0 Å².